The lowest BCUT2D eigenvalue weighted by atomic mass is 10.0. The number of tetrazole rings is 1. The van der Waals surface area contributed by atoms with E-state index in [9.17, 15) is 4.79 Å². The molecule has 0 spiro atoms. The molecule has 82 valence electrons. The van der Waals surface area contributed by atoms with Crippen LogP contribution in [-0.4, -0.2) is 39.1 Å². The molecule has 15 heavy (non-hydrogen) atoms. The van der Waals surface area contributed by atoms with Crippen molar-refractivity contribution < 1.29 is 4.79 Å². The van der Waals surface area contributed by atoms with Crippen molar-refractivity contribution >= 4 is 5.91 Å². The fourth-order valence-electron chi connectivity index (χ4n) is 1.62. The standard InChI is InChI=1S/C8H14N6O/c15-8(6-3-1-2-4-9-6)10-5-7-11-13-14-12-7/h6,9H,1-5H2,(H,10,15)(H,11,12,13,14)/t6-/m0/s1. The first-order valence-corrected chi connectivity index (χ1v) is 5.09. The van der Waals surface area contributed by atoms with Gasteiger partial charge in [-0.3, -0.25) is 4.79 Å². The zero-order valence-corrected chi connectivity index (χ0v) is 8.36. The van der Waals surface area contributed by atoms with E-state index in [-0.39, 0.29) is 11.9 Å². The van der Waals surface area contributed by atoms with Crippen molar-refractivity contribution in [1.82, 2.24) is 31.3 Å². The summed E-state index contributed by atoms with van der Waals surface area (Å²) in [5.74, 6) is 0.513. The summed E-state index contributed by atoms with van der Waals surface area (Å²) in [4.78, 5) is 11.6. The van der Waals surface area contributed by atoms with Crippen molar-refractivity contribution in [2.24, 2.45) is 0 Å². The Hall–Kier alpha value is -1.50. The SMILES string of the molecule is O=C(NCc1nn[nH]n1)[C@@H]1CCCCN1. The van der Waals surface area contributed by atoms with E-state index in [0.29, 0.717) is 12.4 Å². The number of nitrogens with one attached hydrogen (secondary N) is 3. The van der Waals surface area contributed by atoms with Crippen LogP contribution in [0.15, 0.2) is 0 Å². The minimum atomic E-state index is -0.0642. The van der Waals surface area contributed by atoms with Crippen LogP contribution in [0.5, 0.6) is 0 Å². The summed E-state index contributed by atoms with van der Waals surface area (Å²) < 4.78 is 0. The number of carbonyl (C=O) groups is 1. The second-order valence-electron chi connectivity index (χ2n) is 3.55. The fraction of sp³-hybridized carbons (Fsp3) is 0.750. The van der Waals surface area contributed by atoms with Gasteiger partial charge >= 0.3 is 0 Å². The van der Waals surface area contributed by atoms with E-state index in [4.69, 9.17) is 0 Å². The van der Waals surface area contributed by atoms with Crippen molar-refractivity contribution in [2.45, 2.75) is 31.8 Å². The number of rotatable bonds is 3. The molecule has 1 amide bonds. The normalized spacial score (nSPS) is 21.2. The predicted molar refractivity (Wildman–Crippen MR) is 51.7 cm³/mol. The first-order chi connectivity index (χ1) is 7.36. The smallest absolute Gasteiger partial charge is 0.237 e. The van der Waals surface area contributed by atoms with Crippen LogP contribution in [0.1, 0.15) is 25.1 Å². The molecule has 1 aliphatic rings. The first-order valence-electron chi connectivity index (χ1n) is 5.09. The molecule has 7 nitrogen and oxygen atoms in total. The van der Waals surface area contributed by atoms with E-state index in [1.54, 1.807) is 0 Å². The summed E-state index contributed by atoms with van der Waals surface area (Å²) >= 11 is 0. The van der Waals surface area contributed by atoms with Crippen molar-refractivity contribution in [2.75, 3.05) is 6.54 Å². The largest absolute Gasteiger partial charge is 0.347 e. The molecular formula is C8H14N6O. The number of hydrogen-bond acceptors (Lipinski definition) is 5. The van der Waals surface area contributed by atoms with Gasteiger partial charge in [-0.25, -0.2) is 0 Å². The Morgan fingerprint density at radius 2 is 2.47 bits per heavy atom. The fourth-order valence-corrected chi connectivity index (χ4v) is 1.62. The van der Waals surface area contributed by atoms with Gasteiger partial charge in [-0.2, -0.15) is 5.21 Å². The van der Waals surface area contributed by atoms with Gasteiger partial charge in [-0.15, -0.1) is 10.2 Å². The number of amides is 1. The number of carbonyl (C=O) groups excluding carboxylic acids is 1. The molecule has 2 heterocycles. The minimum Gasteiger partial charge on any atom is -0.347 e. The van der Waals surface area contributed by atoms with Crippen LogP contribution >= 0.6 is 0 Å². The predicted octanol–water partition coefficient (Wildman–Crippen LogP) is -1.04. The number of piperidine rings is 1. The zero-order valence-electron chi connectivity index (χ0n) is 8.36. The van der Waals surface area contributed by atoms with Crippen LogP contribution in [0.2, 0.25) is 0 Å². The molecule has 1 saturated heterocycles. The molecule has 2 rings (SSSR count). The third-order valence-electron chi connectivity index (χ3n) is 2.44. The van der Waals surface area contributed by atoms with Gasteiger partial charge in [-0.1, -0.05) is 11.6 Å². The van der Waals surface area contributed by atoms with E-state index in [0.717, 1.165) is 25.8 Å². The van der Waals surface area contributed by atoms with Gasteiger partial charge < -0.3 is 10.6 Å². The van der Waals surface area contributed by atoms with Gasteiger partial charge in [0.25, 0.3) is 0 Å². The second-order valence-corrected chi connectivity index (χ2v) is 3.55. The molecule has 0 aliphatic carbocycles. The average molecular weight is 210 g/mol. The van der Waals surface area contributed by atoms with E-state index in [1.807, 2.05) is 0 Å². The number of hydrogen-bond donors (Lipinski definition) is 3. The van der Waals surface area contributed by atoms with Crippen LogP contribution in [0.25, 0.3) is 0 Å². The molecule has 0 radical (unpaired) electrons. The van der Waals surface area contributed by atoms with Gasteiger partial charge in [0.15, 0.2) is 5.82 Å². The quantitative estimate of drug-likeness (QED) is 0.592. The highest BCUT2D eigenvalue weighted by atomic mass is 16.2. The lowest BCUT2D eigenvalue weighted by Crippen LogP contribution is -2.46. The van der Waals surface area contributed by atoms with Gasteiger partial charge in [0.1, 0.15) is 0 Å². The van der Waals surface area contributed by atoms with E-state index in [1.165, 1.54) is 0 Å². The van der Waals surface area contributed by atoms with Crippen LogP contribution in [0.3, 0.4) is 0 Å². The molecule has 0 saturated carbocycles. The average Bonchev–Trinajstić information content (AvgIpc) is 2.80. The highest BCUT2D eigenvalue weighted by Crippen LogP contribution is 2.06. The van der Waals surface area contributed by atoms with Gasteiger partial charge in [0.05, 0.1) is 12.6 Å². The number of aromatic nitrogens is 4. The van der Waals surface area contributed by atoms with Crippen molar-refractivity contribution in [3.63, 3.8) is 0 Å². The molecule has 1 aromatic rings. The molecule has 3 N–H and O–H groups in total. The van der Waals surface area contributed by atoms with Crippen LogP contribution in [-0.2, 0) is 11.3 Å². The first kappa shape index (κ1) is 10.0. The lowest BCUT2D eigenvalue weighted by Gasteiger charge is -2.22. The highest BCUT2D eigenvalue weighted by Gasteiger charge is 2.20. The Morgan fingerprint density at radius 3 is 3.13 bits per heavy atom. The number of aromatic amines is 1. The number of H-pyrrole nitrogens is 1. The summed E-state index contributed by atoms with van der Waals surface area (Å²) in [6, 6.07) is -0.0642. The molecule has 1 aromatic heterocycles. The van der Waals surface area contributed by atoms with Crippen molar-refractivity contribution in [3.8, 4) is 0 Å². The maximum absolute atomic E-state index is 11.6. The summed E-state index contributed by atoms with van der Waals surface area (Å²) in [5, 5.41) is 19.2. The molecule has 7 heteroatoms. The Balaban J connectivity index is 1.76. The van der Waals surface area contributed by atoms with Crippen LogP contribution in [0, 0.1) is 0 Å². The molecule has 0 unspecified atom stereocenters. The molecule has 1 aliphatic heterocycles. The van der Waals surface area contributed by atoms with Gasteiger partial charge in [0.2, 0.25) is 5.91 Å². The Morgan fingerprint density at radius 1 is 1.53 bits per heavy atom. The minimum absolute atomic E-state index is 0.0134. The topological polar surface area (TPSA) is 95.6 Å². The zero-order chi connectivity index (χ0) is 10.5. The van der Waals surface area contributed by atoms with Gasteiger partial charge in [0, 0.05) is 0 Å². The van der Waals surface area contributed by atoms with Gasteiger partial charge in [-0.05, 0) is 19.4 Å². The van der Waals surface area contributed by atoms with Crippen molar-refractivity contribution in [1.29, 1.82) is 0 Å². The van der Waals surface area contributed by atoms with E-state index >= 15 is 0 Å². The summed E-state index contributed by atoms with van der Waals surface area (Å²) in [6.07, 6.45) is 3.15. The number of nitrogens with zero attached hydrogens (tertiary/aromatic N) is 3. The molecule has 0 bridgehead atoms. The molecule has 1 fully saturated rings. The van der Waals surface area contributed by atoms with Crippen LogP contribution in [0.4, 0.5) is 0 Å². The second kappa shape index (κ2) is 4.83. The Labute approximate surface area is 87.0 Å². The third kappa shape index (κ3) is 2.72. The monoisotopic (exact) mass is 210 g/mol. The molecular weight excluding hydrogens is 196 g/mol. The van der Waals surface area contributed by atoms with E-state index < -0.39 is 0 Å². The summed E-state index contributed by atoms with van der Waals surface area (Å²) in [7, 11) is 0. The molecule has 0 aromatic carbocycles. The maximum Gasteiger partial charge on any atom is 0.237 e. The maximum atomic E-state index is 11.6. The van der Waals surface area contributed by atoms with Crippen LogP contribution < -0.4 is 10.6 Å². The Kier molecular flexibility index (Phi) is 3.23. The molecule has 1 atom stereocenters. The van der Waals surface area contributed by atoms with Crippen molar-refractivity contribution in [3.05, 3.63) is 5.82 Å². The third-order valence-corrected chi connectivity index (χ3v) is 2.44. The Bertz CT molecular complexity index is 305. The summed E-state index contributed by atoms with van der Waals surface area (Å²) in [5.41, 5.74) is 0. The van der Waals surface area contributed by atoms with E-state index in [2.05, 4.69) is 31.3 Å². The summed E-state index contributed by atoms with van der Waals surface area (Å²) in [6.45, 7) is 1.24. The highest BCUT2D eigenvalue weighted by molar-refractivity contribution is 5.81. The lowest BCUT2D eigenvalue weighted by molar-refractivity contribution is -0.123.